The monoisotopic (exact) mass is 127 g/mol. The van der Waals surface area contributed by atoms with Crippen LogP contribution in [0.4, 0.5) is 0 Å². The van der Waals surface area contributed by atoms with E-state index in [0.29, 0.717) is 6.04 Å². The van der Waals surface area contributed by atoms with E-state index in [1.54, 1.807) is 0 Å². The summed E-state index contributed by atoms with van der Waals surface area (Å²) in [6.07, 6.45) is 1.01. The van der Waals surface area contributed by atoms with Crippen molar-refractivity contribution in [2.75, 3.05) is 13.1 Å². The van der Waals surface area contributed by atoms with Gasteiger partial charge in [0.1, 0.15) is 0 Å². The third kappa shape index (κ3) is 1.89. The Morgan fingerprint density at radius 2 is 2.56 bits per heavy atom. The molecule has 4 heteroatoms. The van der Waals surface area contributed by atoms with E-state index in [1.807, 2.05) is 0 Å². The van der Waals surface area contributed by atoms with Gasteiger partial charge in [0, 0.05) is 19.1 Å². The van der Waals surface area contributed by atoms with E-state index in [-0.39, 0.29) is 5.96 Å². The first-order chi connectivity index (χ1) is 4.29. The maximum absolute atomic E-state index is 6.88. The average molecular weight is 127 g/mol. The number of nitrogens with zero attached hydrogens (tertiary/aromatic N) is 1. The van der Waals surface area contributed by atoms with Crippen LogP contribution in [0.2, 0.25) is 0 Å². The molecule has 1 atom stereocenters. The fraction of sp³-hybridized carbons (Fsp3) is 0.800. The summed E-state index contributed by atoms with van der Waals surface area (Å²) < 4.78 is 0. The van der Waals surface area contributed by atoms with Crippen LogP contribution in [0.25, 0.3) is 0 Å². The van der Waals surface area contributed by atoms with Gasteiger partial charge < -0.3 is 11.1 Å². The molecule has 1 radical (unpaired) electrons. The molecule has 0 bridgehead atoms. The Hall–Kier alpha value is -0.770. The van der Waals surface area contributed by atoms with E-state index >= 15 is 0 Å². The lowest BCUT2D eigenvalue weighted by Gasteiger charge is -2.08. The van der Waals surface area contributed by atoms with E-state index in [2.05, 4.69) is 10.6 Å². The van der Waals surface area contributed by atoms with Crippen LogP contribution in [0, 0.1) is 5.41 Å². The van der Waals surface area contributed by atoms with Gasteiger partial charge in [0.2, 0.25) is 0 Å². The molecule has 0 spiro atoms. The molecule has 0 aliphatic carbocycles. The van der Waals surface area contributed by atoms with Crippen molar-refractivity contribution in [1.29, 1.82) is 5.41 Å². The highest BCUT2D eigenvalue weighted by molar-refractivity contribution is 5.74. The minimum atomic E-state index is 0.0529. The lowest BCUT2D eigenvalue weighted by atomic mass is 10.3. The summed E-state index contributed by atoms with van der Waals surface area (Å²) in [4.78, 5) is 0. The van der Waals surface area contributed by atoms with Gasteiger partial charge in [-0.3, -0.25) is 5.41 Å². The highest BCUT2D eigenvalue weighted by Crippen LogP contribution is 1.96. The summed E-state index contributed by atoms with van der Waals surface area (Å²) >= 11 is 0. The highest BCUT2D eigenvalue weighted by atomic mass is 15.1. The standard InChI is InChI=1S/C5H11N4/c6-5(7)9-4-1-2-8-3-4/h4H,1-3H2,(H4,6,7,9). The smallest absolute Gasteiger partial charge is 0.185 e. The average Bonchev–Trinajstić information content (AvgIpc) is 2.15. The van der Waals surface area contributed by atoms with Gasteiger partial charge in [-0.2, -0.15) is 0 Å². The molecule has 1 aliphatic heterocycles. The summed E-state index contributed by atoms with van der Waals surface area (Å²) in [5, 5.41) is 13.8. The van der Waals surface area contributed by atoms with Gasteiger partial charge >= 0.3 is 0 Å². The Bertz CT molecular complexity index is 106. The predicted octanol–water partition coefficient (Wildman–Crippen LogP) is -1.15. The van der Waals surface area contributed by atoms with Gasteiger partial charge in [0.25, 0.3) is 0 Å². The summed E-state index contributed by atoms with van der Waals surface area (Å²) in [6.45, 7) is 1.71. The van der Waals surface area contributed by atoms with E-state index < -0.39 is 0 Å². The molecule has 4 N–H and O–H groups in total. The van der Waals surface area contributed by atoms with Crippen molar-refractivity contribution < 1.29 is 0 Å². The Morgan fingerprint density at radius 3 is 3.00 bits per heavy atom. The van der Waals surface area contributed by atoms with Crippen LogP contribution in [0.15, 0.2) is 0 Å². The van der Waals surface area contributed by atoms with Crippen LogP contribution in [-0.4, -0.2) is 25.1 Å². The number of hydrogen-bond donors (Lipinski definition) is 3. The van der Waals surface area contributed by atoms with Crippen LogP contribution in [0.1, 0.15) is 6.42 Å². The van der Waals surface area contributed by atoms with Crippen LogP contribution >= 0.6 is 0 Å². The molecule has 1 unspecified atom stereocenters. The second kappa shape index (κ2) is 2.68. The van der Waals surface area contributed by atoms with Crippen molar-refractivity contribution in [3.63, 3.8) is 0 Å². The molecule has 9 heavy (non-hydrogen) atoms. The molecule has 1 fully saturated rings. The second-order valence-corrected chi connectivity index (χ2v) is 2.17. The molecule has 4 nitrogen and oxygen atoms in total. The molecule has 1 rings (SSSR count). The van der Waals surface area contributed by atoms with Crippen molar-refractivity contribution in [3.8, 4) is 0 Å². The van der Waals surface area contributed by atoms with Crippen LogP contribution in [0.3, 0.4) is 0 Å². The Labute approximate surface area is 54.3 Å². The molecule has 51 valence electrons. The summed E-state index contributed by atoms with van der Waals surface area (Å²) in [5.74, 6) is 0.0529. The van der Waals surface area contributed by atoms with Crippen LogP contribution in [-0.2, 0) is 0 Å². The first kappa shape index (κ1) is 6.35. The lowest BCUT2D eigenvalue weighted by molar-refractivity contribution is 0.656. The third-order valence-electron chi connectivity index (χ3n) is 1.34. The van der Waals surface area contributed by atoms with Gasteiger partial charge in [-0.1, -0.05) is 0 Å². The van der Waals surface area contributed by atoms with Crippen molar-refractivity contribution in [1.82, 2.24) is 10.6 Å². The first-order valence-electron chi connectivity index (χ1n) is 3.03. The van der Waals surface area contributed by atoms with Crippen LogP contribution in [0.5, 0.6) is 0 Å². The number of guanidine groups is 1. The number of hydrogen-bond acceptors (Lipinski definition) is 1. The van der Waals surface area contributed by atoms with Crippen molar-refractivity contribution in [3.05, 3.63) is 0 Å². The SMILES string of the molecule is N=C(N)NC1CC[N]C1. The highest BCUT2D eigenvalue weighted by Gasteiger charge is 2.14. The zero-order valence-electron chi connectivity index (χ0n) is 5.22. The maximum atomic E-state index is 6.88. The summed E-state index contributed by atoms with van der Waals surface area (Å²) in [7, 11) is 0. The van der Waals surface area contributed by atoms with E-state index in [1.165, 1.54) is 0 Å². The largest absolute Gasteiger partial charge is 0.370 e. The zero-order chi connectivity index (χ0) is 6.69. The van der Waals surface area contributed by atoms with E-state index in [4.69, 9.17) is 11.1 Å². The van der Waals surface area contributed by atoms with Gasteiger partial charge in [-0.05, 0) is 6.42 Å². The van der Waals surface area contributed by atoms with Crippen molar-refractivity contribution in [2.24, 2.45) is 5.73 Å². The number of nitrogens with one attached hydrogen (secondary N) is 2. The lowest BCUT2D eigenvalue weighted by Crippen LogP contribution is -2.39. The Kier molecular flexibility index (Phi) is 1.89. The molecular formula is C5H11N4. The normalized spacial score (nSPS) is 26.0. The van der Waals surface area contributed by atoms with Gasteiger partial charge in [0.15, 0.2) is 5.96 Å². The molecule has 0 aromatic rings. The van der Waals surface area contributed by atoms with Gasteiger partial charge in [-0.15, -0.1) is 0 Å². The van der Waals surface area contributed by atoms with Crippen molar-refractivity contribution >= 4 is 5.96 Å². The third-order valence-corrected chi connectivity index (χ3v) is 1.34. The molecule has 1 heterocycles. The molecule has 0 amide bonds. The summed E-state index contributed by atoms with van der Waals surface area (Å²) in [5.41, 5.74) is 5.10. The molecule has 0 aromatic carbocycles. The molecule has 1 aliphatic rings. The molecule has 1 saturated heterocycles. The molecular weight excluding hydrogens is 116 g/mol. The zero-order valence-corrected chi connectivity index (χ0v) is 5.22. The van der Waals surface area contributed by atoms with E-state index in [9.17, 15) is 0 Å². The van der Waals surface area contributed by atoms with Gasteiger partial charge in [-0.25, -0.2) is 5.32 Å². The van der Waals surface area contributed by atoms with Crippen molar-refractivity contribution in [2.45, 2.75) is 12.5 Å². The minimum Gasteiger partial charge on any atom is -0.370 e. The molecule has 0 saturated carbocycles. The van der Waals surface area contributed by atoms with E-state index in [0.717, 1.165) is 19.5 Å². The number of rotatable bonds is 1. The Morgan fingerprint density at radius 1 is 1.78 bits per heavy atom. The predicted molar refractivity (Wildman–Crippen MR) is 35.3 cm³/mol. The van der Waals surface area contributed by atoms with Crippen LogP contribution < -0.4 is 16.4 Å². The quantitative estimate of drug-likeness (QED) is 0.307. The second-order valence-electron chi connectivity index (χ2n) is 2.17. The Balaban J connectivity index is 2.19. The first-order valence-corrected chi connectivity index (χ1v) is 3.03. The van der Waals surface area contributed by atoms with Gasteiger partial charge in [0.05, 0.1) is 0 Å². The minimum absolute atomic E-state index is 0.0529. The fourth-order valence-electron chi connectivity index (χ4n) is 0.923. The topological polar surface area (TPSA) is 76.0 Å². The number of nitrogens with two attached hydrogens (primary N) is 1. The molecule has 0 aromatic heterocycles. The fourth-order valence-corrected chi connectivity index (χ4v) is 0.923. The summed E-state index contributed by atoms with van der Waals surface area (Å²) in [6, 6.07) is 0.322. The maximum Gasteiger partial charge on any atom is 0.185 e.